The van der Waals surface area contributed by atoms with Crippen LogP contribution in [-0.4, -0.2) is 54.8 Å². The molecule has 1 aromatic carbocycles. The van der Waals surface area contributed by atoms with Crippen molar-refractivity contribution in [3.8, 4) is 0 Å². The zero-order valence-electron chi connectivity index (χ0n) is 15.9. The van der Waals surface area contributed by atoms with E-state index in [0.29, 0.717) is 38.2 Å². The van der Waals surface area contributed by atoms with Crippen LogP contribution in [0.2, 0.25) is 0 Å². The molecule has 1 aromatic rings. The highest BCUT2D eigenvalue weighted by Gasteiger charge is 2.29. The number of anilines is 1. The van der Waals surface area contributed by atoms with Crippen molar-refractivity contribution >= 4 is 23.4 Å². The number of piperidine rings is 1. The molecule has 0 aromatic heterocycles. The van der Waals surface area contributed by atoms with Crippen LogP contribution in [0.5, 0.6) is 0 Å². The van der Waals surface area contributed by atoms with E-state index in [4.69, 9.17) is 5.73 Å². The van der Waals surface area contributed by atoms with Crippen molar-refractivity contribution in [1.82, 2.24) is 10.2 Å². The van der Waals surface area contributed by atoms with Gasteiger partial charge in [0.05, 0.1) is 0 Å². The van der Waals surface area contributed by atoms with Crippen LogP contribution >= 0.6 is 0 Å². The molecule has 3 rings (SSSR count). The first kappa shape index (κ1) is 19.4. The van der Waals surface area contributed by atoms with Crippen molar-refractivity contribution in [2.24, 2.45) is 5.73 Å². The number of hydrogen-bond donors (Lipinski definition) is 2. The van der Waals surface area contributed by atoms with E-state index >= 15 is 0 Å². The van der Waals surface area contributed by atoms with Crippen LogP contribution in [-0.2, 0) is 16.0 Å². The first-order chi connectivity index (χ1) is 13.0. The third-order valence-corrected chi connectivity index (χ3v) is 5.40. The van der Waals surface area contributed by atoms with E-state index in [1.165, 1.54) is 0 Å². The van der Waals surface area contributed by atoms with Crippen molar-refractivity contribution in [3.05, 3.63) is 29.3 Å². The van der Waals surface area contributed by atoms with Gasteiger partial charge in [0.2, 0.25) is 11.8 Å². The molecule has 2 aliphatic rings. The molecule has 1 atom stereocenters. The molecule has 2 heterocycles. The third-order valence-electron chi connectivity index (χ3n) is 5.40. The standard InChI is InChI=1S/C20H28N4O3/c1-14(25)23-11-8-15-12-16(5-6-18(15)23)20(27)24-10-3-2-4-17(24)13-22-19(26)7-9-21/h5-6,12,17H,2-4,7-11,13,21H2,1H3,(H,22,26). The van der Waals surface area contributed by atoms with Crippen LogP contribution in [0.4, 0.5) is 5.69 Å². The summed E-state index contributed by atoms with van der Waals surface area (Å²) in [6.07, 6.45) is 3.99. The molecule has 1 unspecified atom stereocenters. The Morgan fingerprint density at radius 1 is 1.22 bits per heavy atom. The molecule has 146 valence electrons. The third kappa shape index (κ3) is 4.30. The predicted octanol–water partition coefficient (Wildman–Crippen LogP) is 1.06. The molecule has 1 fully saturated rings. The van der Waals surface area contributed by atoms with Crippen molar-refractivity contribution in [2.45, 2.75) is 45.1 Å². The lowest BCUT2D eigenvalue weighted by Crippen LogP contribution is -2.49. The fourth-order valence-electron chi connectivity index (χ4n) is 3.96. The summed E-state index contributed by atoms with van der Waals surface area (Å²) in [6.45, 7) is 3.72. The van der Waals surface area contributed by atoms with E-state index in [-0.39, 0.29) is 23.8 Å². The number of amides is 3. The quantitative estimate of drug-likeness (QED) is 0.808. The van der Waals surface area contributed by atoms with E-state index in [0.717, 1.165) is 36.9 Å². The predicted molar refractivity (Wildman–Crippen MR) is 104 cm³/mol. The lowest BCUT2D eigenvalue weighted by atomic mass is 9.99. The number of nitrogens with two attached hydrogens (primary N) is 1. The zero-order valence-corrected chi connectivity index (χ0v) is 15.9. The molecule has 2 aliphatic heterocycles. The fraction of sp³-hybridized carbons (Fsp3) is 0.550. The fourth-order valence-corrected chi connectivity index (χ4v) is 3.96. The Bertz CT molecular complexity index is 734. The van der Waals surface area contributed by atoms with Crippen LogP contribution in [0.25, 0.3) is 0 Å². The zero-order chi connectivity index (χ0) is 19.4. The van der Waals surface area contributed by atoms with E-state index < -0.39 is 0 Å². The van der Waals surface area contributed by atoms with E-state index in [2.05, 4.69) is 5.32 Å². The van der Waals surface area contributed by atoms with Crippen molar-refractivity contribution < 1.29 is 14.4 Å². The summed E-state index contributed by atoms with van der Waals surface area (Å²) in [5.41, 5.74) is 8.01. The van der Waals surface area contributed by atoms with Crippen LogP contribution in [0.1, 0.15) is 48.5 Å². The maximum absolute atomic E-state index is 13.1. The van der Waals surface area contributed by atoms with Crippen LogP contribution in [0.15, 0.2) is 18.2 Å². The smallest absolute Gasteiger partial charge is 0.254 e. The number of fused-ring (bicyclic) bond motifs is 1. The van der Waals surface area contributed by atoms with Crippen molar-refractivity contribution in [3.63, 3.8) is 0 Å². The van der Waals surface area contributed by atoms with Crippen LogP contribution in [0.3, 0.4) is 0 Å². The van der Waals surface area contributed by atoms with Gasteiger partial charge in [-0.15, -0.1) is 0 Å². The Morgan fingerprint density at radius 2 is 2.04 bits per heavy atom. The Hall–Kier alpha value is -2.41. The number of nitrogens with zero attached hydrogens (tertiary/aromatic N) is 2. The highest BCUT2D eigenvalue weighted by molar-refractivity contribution is 5.98. The number of benzene rings is 1. The maximum atomic E-state index is 13.1. The first-order valence-corrected chi connectivity index (χ1v) is 9.70. The molecule has 0 bridgehead atoms. The number of rotatable bonds is 5. The molecule has 7 heteroatoms. The molecule has 1 saturated heterocycles. The SMILES string of the molecule is CC(=O)N1CCc2cc(C(=O)N3CCCCC3CNC(=O)CCN)ccc21. The minimum atomic E-state index is -0.0719. The molecule has 3 amide bonds. The molecule has 0 spiro atoms. The summed E-state index contributed by atoms with van der Waals surface area (Å²) in [6, 6.07) is 5.61. The average molecular weight is 372 g/mol. The Labute approximate surface area is 159 Å². The topological polar surface area (TPSA) is 95.7 Å². The first-order valence-electron chi connectivity index (χ1n) is 9.70. The average Bonchev–Trinajstić information content (AvgIpc) is 3.10. The number of hydrogen-bond acceptors (Lipinski definition) is 4. The summed E-state index contributed by atoms with van der Waals surface area (Å²) in [5.74, 6) is -0.0497. The molecule has 0 aliphatic carbocycles. The van der Waals surface area contributed by atoms with Gasteiger partial charge in [-0.05, 0) is 49.4 Å². The molecule has 0 radical (unpaired) electrons. The number of nitrogens with one attached hydrogen (secondary N) is 1. The van der Waals surface area contributed by atoms with Gasteiger partial charge in [0.15, 0.2) is 0 Å². The van der Waals surface area contributed by atoms with Gasteiger partial charge in [0, 0.05) is 56.8 Å². The summed E-state index contributed by atoms with van der Waals surface area (Å²) in [4.78, 5) is 40.2. The second-order valence-corrected chi connectivity index (χ2v) is 7.26. The summed E-state index contributed by atoms with van der Waals surface area (Å²) >= 11 is 0. The monoisotopic (exact) mass is 372 g/mol. The van der Waals surface area contributed by atoms with Crippen LogP contribution in [0, 0.1) is 0 Å². The van der Waals surface area contributed by atoms with Gasteiger partial charge in [0.1, 0.15) is 0 Å². The number of likely N-dealkylation sites (tertiary alicyclic amines) is 1. The highest BCUT2D eigenvalue weighted by Crippen LogP contribution is 2.30. The van der Waals surface area contributed by atoms with Crippen LogP contribution < -0.4 is 16.0 Å². The van der Waals surface area contributed by atoms with Gasteiger partial charge in [-0.25, -0.2) is 0 Å². The minimum absolute atomic E-state index is 0.00292. The molecule has 7 nitrogen and oxygen atoms in total. The molecule has 27 heavy (non-hydrogen) atoms. The van der Waals surface area contributed by atoms with E-state index in [9.17, 15) is 14.4 Å². The Balaban J connectivity index is 1.71. The highest BCUT2D eigenvalue weighted by atomic mass is 16.2. The Kier molecular flexibility index (Phi) is 6.11. The molecular formula is C20H28N4O3. The van der Waals surface area contributed by atoms with Gasteiger partial charge < -0.3 is 20.9 Å². The lowest BCUT2D eigenvalue weighted by Gasteiger charge is -2.36. The summed E-state index contributed by atoms with van der Waals surface area (Å²) in [5, 5.41) is 2.89. The van der Waals surface area contributed by atoms with Gasteiger partial charge in [-0.1, -0.05) is 0 Å². The second kappa shape index (κ2) is 8.52. The second-order valence-electron chi connectivity index (χ2n) is 7.26. The molecular weight excluding hydrogens is 344 g/mol. The summed E-state index contributed by atoms with van der Waals surface area (Å²) < 4.78 is 0. The largest absolute Gasteiger partial charge is 0.354 e. The molecule has 0 saturated carbocycles. The lowest BCUT2D eigenvalue weighted by molar-refractivity contribution is -0.121. The Morgan fingerprint density at radius 3 is 2.78 bits per heavy atom. The normalized spacial score (nSPS) is 19.0. The van der Waals surface area contributed by atoms with E-state index in [1.54, 1.807) is 17.9 Å². The van der Waals surface area contributed by atoms with Gasteiger partial charge in [0.25, 0.3) is 5.91 Å². The van der Waals surface area contributed by atoms with Crippen molar-refractivity contribution in [1.29, 1.82) is 0 Å². The van der Waals surface area contributed by atoms with E-state index in [1.807, 2.05) is 17.0 Å². The van der Waals surface area contributed by atoms with Gasteiger partial charge >= 0.3 is 0 Å². The maximum Gasteiger partial charge on any atom is 0.254 e. The summed E-state index contributed by atoms with van der Waals surface area (Å²) in [7, 11) is 0. The van der Waals surface area contributed by atoms with Gasteiger partial charge in [-0.2, -0.15) is 0 Å². The molecule has 3 N–H and O–H groups in total. The van der Waals surface area contributed by atoms with Crippen molar-refractivity contribution in [2.75, 3.05) is 31.1 Å². The number of carbonyl (C=O) groups excluding carboxylic acids is 3. The number of carbonyl (C=O) groups is 3. The van der Waals surface area contributed by atoms with Gasteiger partial charge in [-0.3, -0.25) is 14.4 Å². The minimum Gasteiger partial charge on any atom is -0.354 e.